The molecule has 0 saturated heterocycles. The van der Waals surface area contributed by atoms with Gasteiger partial charge < -0.3 is 16.4 Å². The molecule has 1 atom stereocenters. The van der Waals surface area contributed by atoms with Crippen molar-refractivity contribution >= 4 is 29.2 Å². The van der Waals surface area contributed by atoms with Gasteiger partial charge in [-0.25, -0.2) is 4.79 Å². The second-order valence-corrected chi connectivity index (χ2v) is 3.66. The van der Waals surface area contributed by atoms with Crippen LogP contribution in [0.1, 0.15) is 6.92 Å². The number of primary amides is 1. The minimum Gasteiger partial charge on any atom is -0.352 e. The first-order valence-corrected chi connectivity index (χ1v) is 4.99. The van der Waals surface area contributed by atoms with Crippen molar-refractivity contribution in [3.8, 4) is 0 Å². The van der Waals surface area contributed by atoms with Gasteiger partial charge in [0.15, 0.2) is 0 Å². The molecule has 0 spiro atoms. The van der Waals surface area contributed by atoms with Crippen LogP contribution in [-0.4, -0.2) is 18.0 Å². The van der Waals surface area contributed by atoms with Crippen molar-refractivity contribution in [2.45, 2.75) is 13.0 Å². The molecular weight excluding hydrogens is 230 g/mol. The number of carbonyl (C=O) groups excluding carboxylic acids is 2. The zero-order valence-electron chi connectivity index (χ0n) is 8.66. The van der Waals surface area contributed by atoms with Crippen LogP contribution in [0.15, 0.2) is 24.3 Å². The van der Waals surface area contributed by atoms with E-state index in [4.69, 9.17) is 17.3 Å². The van der Waals surface area contributed by atoms with Crippen molar-refractivity contribution in [2.75, 3.05) is 5.32 Å². The van der Waals surface area contributed by atoms with E-state index in [0.29, 0.717) is 10.7 Å². The van der Waals surface area contributed by atoms with E-state index in [-0.39, 0.29) is 5.91 Å². The molecule has 6 heteroatoms. The quantitative estimate of drug-likeness (QED) is 0.746. The van der Waals surface area contributed by atoms with Crippen LogP contribution >= 0.6 is 11.6 Å². The largest absolute Gasteiger partial charge is 0.352 e. The Kier molecular flexibility index (Phi) is 4.13. The summed E-state index contributed by atoms with van der Waals surface area (Å²) in [6, 6.07) is 5.22. The van der Waals surface area contributed by atoms with E-state index >= 15 is 0 Å². The highest BCUT2D eigenvalue weighted by atomic mass is 35.5. The minimum atomic E-state index is -0.737. The first-order chi connectivity index (χ1) is 7.49. The van der Waals surface area contributed by atoms with Gasteiger partial charge in [0, 0.05) is 10.7 Å². The SMILES string of the molecule is C[C@@H](NC(N)=O)C(=O)Nc1ccc(Cl)cc1. The van der Waals surface area contributed by atoms with E-state index in [9.17, 15) is 9.59 Å². The Morgan fingerprint density at radius 1 is 1.31 bits per heavy atom. The third-order valence-electron chi connectivity index (χ3n) is 1.86. The molecular formula is C10H12ClN3O2. The molecule has 4 N–H and O–H groups in total. The number of urea groups is 1. The third-order valence-corrected chi connectivity index (χ3v) is 2.12. The zero-order valence-corrected chi connectivity index (χ0v) is 9.41. The van der Waals surface area contributed by atoms with E-state index in [1.165, 1.54) is 6.92 Å². The molecule has 0 aliphatic rings. The first kappa shape index (κ1) is 12.3. The molecule has 0 saturated carbocycles. The predicted molar refractivity (Wildman–Crippen MR) is 62.3 cm³/mol. The minimum absolute atomic E-state index is 0.346. The molecule has 0 radical (unpaired) electrons. The number of nitrogens with one attached hydrogen (secondary N) is 2. The van der Waals surface area contributed by atoms with Crippen LogP contribution in [0.4, 0.5) is 10.5 Å². The molecule has 0 bridgehead atoms. The maximum atomic E-state index is 11.5. The highest BCUT2D eigenvalue weighted by molar-refractivity contribution is 6.30. The van der Waals surface area contributed by atoms with Crippen molar-refractivity contribution in [1.29, 1.82) is 0 Å². The summed E-state index contributed by atoms with van der Waals surface area (Å²) >= 11 is 5.69. The summed E-state index contributed by atoms with van der Waals surface area (Å²) in [5.74, 6) is -0.346. The summed E-state index contributed by atoms with van der Waals surface area (Å²) in [5.41, 5.74) is 5.50. The Labute approximate surface area is 98.0 Å². The van der Waals surface area contributed by atoms with Gasteiger partial charge in [0.2, 0.25) is 5.91 Å². The second-order valence-electron chi connectivity index (χ2n) is 3.23. The fourth-order valence-corrected chi connectivity index (χ4v) is 1.19. The summed E-state index contributed by atoms with van der Waals surface area (Å²) in [6.07, 6.45) is 0. The van der Waals surface area contributed by atoms with Gasteiger partial charge in [0.25, 0.3) is 0 Å². The van der Waals surface area contributed by atoms with Gasteiger partial charge in [-0.1, -0.05) is 11.6 Å². The molecule has 0 fully saturated rings. The van der Waals surface area contributed by atoms with E-state index < -0.39 is 12.1 Å². The molecule has 1 aromatic rings. The van der Waals surface area contributed by atoms with E-state index in [0.717, 1.165) is 0 Å². The van der Waals surface area contributed by atoms with Crippen LogP contribution in [0.5, 0.6) is 0 Å². The van der Waals surface area contributed by atoms with Crippen LogP contribution in [-0.2, 0) is 4.79 Å². The molecule has 5 nitrogen and oxygen atoms in total. The van der Waals surface area contributed by atoms with Gasteiger partial charge in [-0.3, -0.25) is 4.79 Å². The molecule has 1 aromatic carbocycles. The lowest BCUT2D eigenvalue weighted by atomic mass is 10.2. The number of halogens is 1. The average molecular weight is 242 g/mol. The molecule has 0 unspecified atom stereocenters. The number of benzene rings is 1. The van der Waals surface area contributed by atoms with Crippen LogP contribution in [0, 0.1) is 0 Å². The topological polar surface area (TPSA) is 84.2 Å². The standard InChI is InChI=1S/C10H12ClN3O2/c1-6(13-10(12)16)9(15)14-8-4-2-7(11)3-5-8/h2-6H,1H3,(H,14,15)(H3,12,13,16)/t6-/m1/s1. The maximum absolute atomic E-state index is 11.5. The monoisotopic (exact) mass is 241 g/mol. The van der Waals surface area contributed by atoms with Crippen LogP contribution in [0.3, 0.4) is 0 Å². The number of rotatable bonds is 3. The molecule has 3 amide bonds. The van der Waals surface area contributed by atoms with Crippen molar-refractivity contribution in [3.63, 3.8) is 0 Å². The lowest BCUT2D eigenvalue weighted by molar-refractivity contribution is -0.117. The lowest BCUT2D eigenvalue weighted by Crippen LogP contribution is -2.44. The van der Waals surface area contributed by atoms with Gasteiger partial charge in [0.05, 0.1) is 0 Å². The Bertz CT molecular complexity index is 392. The van der Waals surface area contributed by atoms with Crippen molar-refractivity contribution in [2.24, 2.45) is 5.73 Å². The first-order valence-electron chi connectivity index (χ1n) is 4.61. The predicted octanol–water partition coefficient (Wildman–Crippen LogP) is 1.34. The number of hydrogen-bond donors (Lipinski definition) is 3. The fraction of sp³-hybridized carbons (Fsp3) is 0.200. The van der Waals surface area contributed by atoms with Crippen molar-refractivity contribution < 1.29 is 9.59 Å². The van der Waals surface area contributed by atoms with E-state index in [1.807, 2.05) is 0 Å². The molecule has 0 heterocycles. The van der Waals surface area contributed by atoms with Gasteiger partial charge >= 0.3 is 6.03 Å². The molecule has 1 rings (SSSR count). The number of carbonyl (C=O) groups is 2. The third kappa shape index (κ3) is 3.78. The summed E-state index contributed by atoms with van der Waals surface area (Å²) in [7, 11) is 0. The second kappa shape index (κ2) is 5.37. The highest BCUT2D eigenvalue weighted by Gasteiger charge is 2.13. The Morgan fingerprint density at radius 3 is 2.38 bits per heavy atom. The van der Waals surface area contributed by atoms with Gasteiger partial charge in [-0.05, 0) is 31.2 Å². The highest BCUT2D eigenvalue weighted by Crippen LogP contribution is 2.13. The number of hydrogen-bond acceptors (Lipinski definition) is 2. The van der Waals surface area contributed by atoms with Gasteiger partial charge in [0.1, 0.15) is 6.04 Å². The van der Waals surface area contributed by atoms with Crippen molar-refractivity contribution in [3.05, 3.63) is 29.3 Å². The molecule has 0 aliphatic carbocycles. The maximum Gasteiger partial charge on any atom is 0.312 e. The summed E-state index contributed by atoms with van der Waals surface area (Å²) in [6.45, 7) is 1.54. The normalized spacial score (nSPS) is 11.6. The number of amides is 3. The number of nitrogens with two attached hydrogens (primary N) is 1. The van der Waals surface area contributed by atoms with Crippen LogP contribution in [0.25, 0.3) is 0 Å². The van der Waals surface area contributed by atoms with E-state index in [2.05, 4.69) is 10.6 Å². The number of anilines is 1. The lowest BCUT2D eigenvalue weighted by Gasteiger charge is -2.12. The molecule has 0 aromatic heterocycles. The van der Waals surface area contributed by atoms with Gasteiger partial charge in [-0.2, -0.15) is 0 Å². The Balaban J connectivity index is 2.57. The van der Waals surface area contributed by atoms with Gasteiger partial charge in [-0.15, -0.1) is 0 Å². The summed E-state index contributed by atoms with van der Waals surface area (Å²) < 4.78 is 0. The summed E-state index contributed by atoms with van der Waals surface area (Å²) in [5, 5.41) is 5.47. The molecule has 0 aliphatic heterocycles. The Hall–Kier alpha value is -1.75. The smallest absolute Gasteiger partial charge is 0.312 e. The molecule has 86 valence electrons. The molecule has 16 heavy (non-hydrogen) atoms. The van der Waals surface area contributed by atoms with Crippen LogP contribution in [0.2, 0.25) is 5.02 Å². The van der Waals surface area contributed by atoms with E-state index in [1.54, 1.807) is 24.3 Å². The summed E-state index contributed by atoms with van der Waals surface area (Å²) in [4.78, 5) is 22.0. The van der Waals surface area contributed by atoms with Crippen molar-refractivity contribution in [1.82, 2.24) is 5.32 Å². The Morgan fingerprint density at radius 2 is 1.88 bits per heavy atom. The average Bonchev–Trinajstić information content (AvgIpc) is 2.20. The zero-order chi connectivity index (χ0) is 12.1. The van der Waals surface area contributed by atoms with Crippen LogP contribution < -0.4 is 16.4 Å². The fourth-order valence-electron chi connectivity index (χ4n) is 1.06.